The van der Waals surface area contributed by atoms with Crippen LogP contribution in [0.4, 0.5) is 5.82 Å². The highest BCUT2D eigenvalue weighted by atomic mass is 35.5. The van der Waals surface area contributed by atoms with Crippen LogP contribution in [-0.2, 0) is 4.79 Å². The van der Waals surface area contributed by atoms with Gasteiger partial charge in [-0.3, -0.25) is 9.69 Å². The number of halogens is 1. The van der Waals surface area contributed by atoms with E-state index in [4.69, 9.17) is 11.6 Å². The number of hydrogen-bond donors (Lipinski definition) is 0. The molecule has 2 rings (SSSR count). The van der Waals surface area contributed by atoms with Crippen molar-refractivity contribution < 1.29 is 4.79 Å². The molecule has 0 N–H and O–H groups in total. The Kier molecular flexibility index (Phi) is 5.76. The van der Waals surface area contributed by atoms with Crippen LogP contribution in [0.3, 0.4) is 0 Å². The minimum atomic E-state index is 0.202. The number of nitrogens with zero attached hydrogens (tertiary/aromatic N) is 5. The maximum Gasteiger partial charge on any atom is 0.236 e. The molecule has 1 aliphatic heterocycles. The molecule has 6 nitrogen and oxygen atoms in total. The van der Waals surface area contributed by atoms with Crippen LogP contribution in [0.15, 0.2) is 12.5 Å². The normalized spacial score (nSPS) is 16.0. The highest BCUT2D eigenvalue weighted by Crippen LogP contribution is 2.22. The van der Waals surface area contributed by atoms with Gasteiger partial charge in [-0.05, 0) is 13.8 Å². The number of rotatable bonds is 5. The van der Waals surface area contributed by atoms with Gasteiger partial charge in [0.1, 0.15) is 11.3 Å². The smallest absolute Gasteiger partial charge is 0.236 e. The van der Waals surface area contributed by atoms with Gasteiger partial charge in [0.25, 0.3) is 0 Å². The largest absolute Gasteiger partial charge is 0.353 e. The zero-order chi connectivity index (χ0) is 15.2. The summed E-state index contributed by atoms with van der Waals surface area (Å²) >= 11 is 6.12. The highest BCUT2D eigenvalue weighted by Gasteiger charge is 2.22. The number of likely N-dealkylation sites (N-methyl/N-ethyl adjacent to an activating group) is 1. The Labute approximate surface area is 130 Å². The lowest BCUT2D eigenvalue weighted by Gasteiger charge is -2.36. The molecule has 2 heterocycles. The maximum atomic E-state index is 12.1. The summed E-state index contributed by atoms with van der Waals surface area (Å²) in [5.74, 6) is 0.981. The second-order valence-corrected chi connectivity index (χ2v) is 5.43. The van der Waals surface area contributed by atoms with Crippen molar-refractivity contribution in [1.29, 1.82) is 0 Å². The van der Waals surface area contributed by atoms with E-state index in [2.05, 4.69) is 19.8 Å². The zero-order valence-corrected chi connectivity index (χ0v) is 13.4. The van der Waals surface area contributed by atoms with Crippen molar-refractivity contribution in [2.45, 2.75) is 13.8 Å². The summed E-state index contributed by atoms with van der Waals surface area (Å²) in [6.45, 7) is 9.38. The molecule has 0 unspecified atom stereocenters. The first-order valence-electron chi connectivity index (χ1n) is 7.36. The monoisotopic (exact) mass is 311 g/mol. The van der Waals surface area contributed by atoms with E-state index in [0.29, 0.717) is 11.6 Å². The molecule has 0 aliphatic carbocycles. The molecule has 7 heteroatoms. The third-order valence-electron chi connectivity index (χ3n) is 3.80. The van der Waals surface area contributed by atoms with Crippen LogP contribution >= 0.6 is 11.6 Å². The Morgan fingerprint density at radius 2 is 1.95 bits per heavy atom. The van der Waals surface area contributed by atoms with Gasteiger partial charge in [-0.15, -0.1) is 0 Å². The van der Waals surface area contributed by atoms with Gasteiger partial charge in [-0.25, -0.2) is 9.97 Å². The van der Waals surface area contributed by atoms with Crippen LogP contribution in [0.5, 0.6) is 0 Å². The first kappa shape index (κ1) is 16.0. The molecule has 0 spiro atoms. The van der Waals surface area contributed by atoms with Gasteiger partial charge in [0.15, 0.2) is 5.82 Å². The predicted molar refractivity (Wildman–Crippen MR) is 83.6 cm³/mol. The molecule has 0 aromatic carbocycles. The molecule has 1 aromatic heterocycles. The summed E-state index contributed by atoms with van der Waals surface area (Å²) in [4.78, 5) is 26.4. The first-order valence-corrected chi connectivity index (χ1v) is 7.74. The molecular formula is C14H22ClN5O. The Morgan fingerprint density at radius 3 is 2.52 bits per heavy atom. The fourth-order valence-corrected chi connectivity index (χ4v) is 2.75. The summed E-state index contributed by atoms with van der Waals surface area (Å²) in [5.41, 5.74) is 0. The first-order chi connectivity index (χ1) is 10.2. The minimum absolute atomic E-state index is 0.202. The molecule has 1 saturated heterocycles. The van der Waals surface area contributed by atoms with Crippen molar-refractivity contribution in [1.82, 2.24) is 19.8 Å². The Morgan fingerprint density at radius 1 is 1.29 bits per heavy atom. The SMILES string of the molecule is CCN(CC)C(=O)CN1CCN(c2ncncc2Cl)CC1. The molecule has 1 aromatic rings. The number of carbonyl (C=O) groups is 1. The van der Waals surface area contributed by atoms with Crippen molar-refractivity contribution in [3.8, 4) is 0 Å². The van der Waals surface area contributed by atoms with Crippen LogP contribution < -0.4 is 4.90 Å². The fraction of sp³-hybridized carbons (Fsp3) is 0.643. The van der Waals surface area contributed by atoms with Crippen molar-refractivity contribution in [2.75, 3.05) is 50.7 Å². The summed E-state index contributed by atoms with van der Waals surface area (Å²) in [5, 5.41) is 0.574. The van der Waals surface area contributed by atoms with Gasteiger partial charge in [0, 0.05) is 39.3 Å². The summed E-state index contributed by atoms with van der Waals surface area (Å²) < 4.78 is 0. The standard InChI is InChI=1S/C14H22ClN5O/c1-3-19(4-2)13(21)10-18-5-7-20(8-6-18)14-12(15)9-16-11-17-14/h9,11H,3-8,10H2,1-2H3. The fourth-order valence-electron chi connectivity index (χ4n) is 2.52. The molecule has 0 radical (unpaired) electrons. The molecular weight excluding hydrogens is 290 g/mol. The van der Waals surface area contributed by atoms with Gasteiger partial charge in [-0.2, -0.15) is 0 Å². The van der Waals surface area contributed by atoms with Crippen molar-refractivity contribution in [2.24, 2.45) is 0 Å². The van der Waals surface area contributed by atoms with Crippen molar-refractivity contribution in [3.05, 3.63) is 17.5 Å². The van der Waals surface area contributed by atoms with Gasteiger partial charge in [-0.1, -0.05) is 11.6 Å². The third kappa shape index (κ3) is 4.04. The third-order valence-corrected chi connectivity index (χ3v) is 4.06. The van der Waals surface area contributed by atoms with Crippen LogP contribution in [0, 0.1) is 0 Å². The van der Waals surface area contributed by atoms with E-state index in [1.54, 1.807) is 6.20 Å². The minimum Gasteiger partial charge on any atom is -0.353 e. The van der Waals surface area contributed by atoms with E-state index in [0.717, 1.165) is 45.1 Å². The van der Waals surface area contributed by atoms with Crippen LogP contribution in [-0.4, -0.2) is 71.5 Å². The Hall–Kier alpha value is -1.40. The number of piperazine rings is 1. The second kappa shape index (κ2) is 7.56. The quantitative estimate of drug-likeness (QED) is 0.815. The van der Waals surface area contributed by atoms with Crippen LogP contribution in [0.1, 0.15) is 13.8 Å². The molecule has 116 valence electrons. The number of carbonyl (C=O) groups excluding carboxylic acids is 1. The molecule has 21 heavy (non-hydrogen) atoms. The molecule has 1 amide bonds. The molecule has 0 atom stereocenters. The molecule has 1 fully saturated rings. The Bertz CT molecular complexity index is 472. The van der Waals surface area contributed by atoms with E-state index in [9.17, 15) is 4.79 Å². The lowest BCUT2D eigenvalue weighted by Crippen LogP contribution is -2.50. The topological polar surface area (TPSA) is 52.6 Å². The van der Waals surface area contributed by atoms with E-state index < -0.39 is 0 Å². The van der Waals surface area contributed by atoms with Crippen LogP contribution in [0.25, 0.3) is 0 Å². The lowest BCUT2D eigenvalue weighted by atomic mass is 10.3. The second-order valence-electron chi connectivity index (χ2n) is 5.02. The average molecular weight is 312 g/mol. The van der Waals surface area contributed by atoms with Gasteiger partial charge < -0.3 is 9.80 Å². The average Bonchev–Trinajstić information content (AvgIpc) is 2.50. The predicted octanol–water partition coefficient (Wildman–Crippen LogP) is 1.12. The van der Waals surface area contributed by atoms with Gasteiger partial charge in [0.05, 0.1) is 12.7 Å². The molecule has 1 aliphatic rings. The summed E-state index contributed by atoms with van der Waals surface area (Å²) in [6, 6.07) is 0. The van der Waals surface area contributed by atoms with Crippen molar-refractivity contribution in [3.63, 3.8) is 0 Å². The van der Waals surface area contributed by atoms with E-state index in [1.807, 2.05) is 18.7 Å². The Balaban J connectivity index is 1.86. The number of aromatic nitrogens is 2. The van der Waals surface area contributed by atoms with E-state index in [-0.39, 0.29) is 5.91 Å². The van der Waals surface area contributed by atoms with Gasteiger partial charge >= 0.3 is 0 Å². The number of hydrogen-bond acceptors (Lipinski definition) is 5. The van der Waals surface area contributed by atoms with E-state index >= 15 is 0 Å². The summed E-state index contributed by atoms with van der Waals surface area (Å²) in [6.07, 6.45) is 3.12. The highest BCUT2D eigenvalue weighted by molar-refractivity contribution is 6.32. The van der Waals surface area contributed by atoms with E-state index in [1.165, 1.54) is 6.33 Å². The summed E-state index contributed by atoms with van der Waals surface area (Å²) in [7, 11) is 0. The number of anilines is 1. The van der Waals surface area contributed by atoms with Gasteiger partial charge in [0.2, 0.25) is 5.91 Å². The zero-order valence-electron chi connectivity index (χ0n) is 12.6. The molecule has 0 bridgehead atoms. The van der Waals surface area contributed by atoms with Crippen LogP contribution in [0.2, 0.25) is 5.02 Å². The number of amides is 1. The maximum absolute atomic E-state index is 12.1. The lowest BCUT2D eigenvalue weighted by molar-refractivity contribution is -0.132. The van der Waals surface area contributed by atoms with Crippen molar-refractivity contribution >= 4 is 23.3 Å². The molecule has 0 saturated carbocycles.